The van der Waals surface area contributed by atoms with Crippen LogP contribution in [-0.4, -0.2) is 17.6 Å². The van der Waals surface area contributed by atoms with Crippen molar-refractivity contribution in [3.8, 4) is 5.75 Å². The molecule has 5 rings (SSSR count). The van der Waals surface area contributed by atoms with Crippen molar-refractivity contribution in [1.29, 1.82) is 0 Å². The van der Waals surface area contributed by atoms with Crippen LogP contribution < -0.4 is 24.9 Å². The highest BCUT2D eigenvalue weighted by Gasteiger charge is 2.32. The van der Waals surface area contributed by atoms with Gasteiger partial charge in [-0.15, -0.1) is 0 Å². The summed E-state index contributed by atoms with van der Waals surface area (Å²) in [6.45, 7) is 6.10. The lowest BCUT2D eigenvalue weighted by Crippen LogP contribution is -2.40. The summed E-state index contributed by atoms with van der Waals surface area (Å²) in [6.07, 6.45) is 1.81. The molecule has 39 heavy (non-hydrogen) atoms. The van der Waals surface area contributed by atoms with Crippen LogP contribution in [0.3, 0.4) is 0 Å². The Bertz CT molecular complexity index is 1750. The van der Waals surface area contributed by atoms with E-state index in [-0.39, 0.29) is 11.5 Å². The van der Waals surface area contributed by atoms with E-state index < -0.39 is 6.04 Å². The largest absolute Gasteiger partial charge is 0.496 e. The Labute approximate surface area is 239 Å². The van der Waals surface area contributed by atoms with Gasteiger partial charge in [-0.2, -0.15) is 0 Å². The van der Waals surface area contributed by atoms with Crippen LogP contribution in [-0.2, 0) is 4.79 Å². The van der Waals surface area contributed by atoms with E-state index in [1.54, 1.807) is 11.7 Å². The number of halogens is 1. The number of thiazole rings is 1. The molecule has 1 amide bonds. The minimum absolute atomic E-state index is 0.212. The van der Waals surface area contributed by atoms with Crippen molar-refractivity contribution in [2.75, 3.05) is 12.4 Å². The maximum absolute atomic E-state index is 14.0. The maximum Gasteiger partial charge on any atom is 0.271 e. The van der Waals surface area contributed by atoms with Crippen LogP contribution in [0.25, 0.3) is 6.08 Å². The number of nitrogens with zero attached hydrogens (tertiary/aromatic N) is 2. The lowest BCUT2D eigenvalue weighted by atomic mass is 9.93. The molecule has 8 heteroatoms. The van der Waals surface area contributed by atoms with Crippen molar-refractivity contribution in [2.45, 2.75) is 32.7 Å². The second-order valence-corrected chi connectivity index (χ2v) is 11.5. The summed E-state index contributed by atoms with van der Waals surface area (Å²) in [6, 6.07) is 22.4. The molecule has 1 N–H and O–H groups in total. The van der Waals surface area contributed by atoms with Gasteiger partial charge in [0, 0.05) is 15.7 Å². The first-order chi connectivity index (χ1) is 18.8. The number of aromatic nitrogens is 1. The first kappa shape index (κ1) is 26.8. The van der Waals surface area contributed by atoms with Crippen LogP contribution in [0.5, 0.6) is 5.75 Å². The first-order valence-corrected chi connectivity index (χ1v) is 14.2. The van der Waals surface area contributed by atoms with E-state index in [1.807, 2.05) is 73.7 Å². The average Bonchev–Trinajstić information content (AvgIpc) is 3.22. The number of ether oxygens (including phenoxy) is 1. The van der Waals surface area contributed by atoms with Crippen molar-refractivity contribution >= 4 is 44.9 Å². The van der Waals surface area contributed by atoms with E-state index in [0.717, 1.165) is 15.6 Å². The van der Waals surface area contributed by atoms with E-state index in [9.17, 15) is 9.59 Å². The molecule has 0 fully saturated rings. The summed E-state index contributed by atoms with van der Waals surface area (Å²) in [4.78, 5) is 33.0. The van der Waals surface area contributed by atoms with Gasteiger partial charge >= 0.3 is 0 Å². The smallest absolute Gasteiger partial charge is 0.271 e. The van der Waals surface area contributed by atoms with Gasteiger partial charge in [0.05, 0.1) is 29.0 Å². The molecule has 3 aromatic carbocycles. The predicted octanol–water partition coefficient (Wildman–Crippen LogP) is 5.77. The number of fused-ring (bicyclic) bond motifs is 1. The van der Waals surface area contributed by atoms with E-state index in [1.165, 1.54) is 16.9 Å². The summed E-state index contributed by atoms with van der Waals surface area (Å²) in [7, 11) is 1.60. The lowest BCUT2D eigenvalue weighted by Gasteiger charge is -2.25. The Morgan fingerprint density at radius 3 is 2.49 bits per heavy atom. The van der Waals surface area contributed by atoms with Crippen molar-refractivity contribution in [1.82, 2.24) is 4.57 Å². The molecule has 0 aliphatic carbocycles. The fraction of sp³-hybridized carbons (Fsp3) is 0.194. The standard InChI is InChI=1S/C31H28BrN3O3S/c1-18(2)20-10-12-21(13-11-20)28-27(29(36)34-24-8-6-5-7-9-24)19(3)33-31-35(28)30(37)26(39-31)17-22-16-23(32)14-15-25(22)38-4/h5-18,28H,1-4H3,(H,34,36)/b26-17-. The average molecular weight is 603 g/mol. The quantitative estimate of drug-likeness (QED) is 0.305. The van der Waals surface area contributed by atoms with Crippen LogP contribution in [0.4, 0.5) is 5.69 Å². The fourth-order valence-electron chi connectivity index (χ4n) is 4.67. The molecule has 1 atom stereocenters. The third-order valence-electron chi connectivity index (χ3n) is 6.70. The van der Waals surface area contributed by atoms with Gasteiger partial charge in [0.1, 0.15) is 5.75 Å². The second kappa shape index (κ2) is 11.2. The number of amides is 1. The first-order valence-electron chi connectivity index (χ1n) is 12.6. The molecule has 4 aromatic rings. The summed E-state index contributed by atoms with van der Waals surface area (Å²) < 4.78 is 8.54. The van der Waals surface area contributed by atoms with Crippen LogP contribution >= 0.6 is 27.3 Å². The highest BCUT2D eigenvalue weighted by molar-refractivity contribution is 9.10. The lowest BCUT2D eigenvalue weighted by molar-refractivity contribution is -0.113. The number of benzene rings is 3. The molecule has 6 nitrogen and oxygen atoms in total. The molecule has 0 saturated heterocycles. The molecule has 1 aliphatic rings. The number of methoxy groups -OCH3 is 1. The normalized spacial score (nSPS) is 15.2. The monoisotopic (exact) mass is 601 g/mol. The van der Waals surface area contributed by atoms with Gasteiger partial charge < -0.3 is 10.1 Å². The molecule has 0 radical (unpaired) electrons. The Kier molecular flexibility index (Phi) is 7.68. The number of anilines is 1. The highest BCUT2D eigenvalue weighted by atomic mass is 79.9. The van der Waals surface area contributed by atoms with Gasteiger partial charge in [-0.1, -0.05) is 83.6 Å². The summed E-state index contributed by atoms with van der Waals surface area (Å²) in [5.74, 6) is 0.728. The minimum atomic E-state index is -0.627. The maximum atomic E-state index is 14.0. The fourth-order valence-corrected chi connectivity index (χ4v) is 6.09. The third-order valence-corrected chi connectivity index (χ3v) is 8.17. The number of allylic oxidation sites excluding steroid dienone is 1. The number of hydrogen-bond donors (Lipinski definition) is 1. The van der Waals surface area contributed by atoms with E-state index in [4.69, 9.17) is 9.73 Å². The van der Waals surface area contributed by atoms with Crippen molar-refractivity contribution in [3.63, 3.8) is 0 Å². The van der Waals surface area contributed by atoms with Crippen LogP contribution in [0, 0.1) is 0 Å². The van der Waals surface area contributed by atoms with Gasteiger partial charge in [0.25, 0.3) is 11.5 Å². The molecule has 2 heterocycles. The van der Waals surface area contributed by atoms with Gasteiger partial charge in [-0.05, 0) is 60.4 Å². The molecule has 0 spiro atoms. The number of para-hydroxylation sites is 1. The van der Waals surface area contributed by atoms with Crippen LogP contribution in [0.15, 0.2) is 98.3 Å². The zero-order valence-electron chi connectivity index (χ0n) is 22.1. The Morgan fingerprint density at radius 2 is 1.82 bits per heavy atom. The number of hydrogen-bond acceptors (Lipinski definition) is 5. The number of carbonyl (C=O) groups excluding carboxylic acids is 1. The predicted molar refractivity (Wildman–Crippen MR) is 160 cm³/mol. The number of rotatable bonds is 6. The zero-order valence-corrected chi connectivity index (χ0v) is 24.5. The Balaban J connectivity index is 1.69. The highest BCUT2D eigenvalue weighted by Crippen LogP contribution is 2.32. The van der Waals surface area contributed by atoms with Gasteiger partial charge in [0.2, 0.25) is 0 Å². The summed E-state index contributed by atoms with van der Waals surface area (Å²) in [5.41, 5.74) is 4.28. The summed E-state index contributed by atoms with van der Waals surface area (Å²) >= 11 is 4.81. The van der Waals surface area contributed by atoms with Crippen molar-refractivity contribution in [3.05, 3.63) is 125 Å². The molecule has 0 bridgehead atoms. The zero-order chi connectivity index (χ0) is 27.7. The molecular formula is C31H28BrN3O3S. The van der Waals surface area contributed by atoms with Gasteiger partial charge in [-0.3, -0.25) is 14.2 Å². The number of carbonyl (C=O) groups is 1. The molecule has 1 aliphatic heterocycles. The molecular weight excluding hydrogens is 574 g/mol. The van der Waals surface area contributed by atoms with Crippen LogP contribution in [0.2, 0.25) is 0 Å². The van der Waals surface area contributed by atoms with E-state index in [2.05, 4.69) is 47.2 Å². The Morgan fingerprint density at radius 1 is 1.10 bits per heavy atom. The molecule has 198 valence electrons. The van der Waals surface area contributed by atoms with Crippen LogP contribution in [0.1, 0.15) is 49.4 Å². The van der Waals surface area contributed by atoms with Gasteiger partial charge in [-0.25, -0.2) is 4.99 Å². The Hall–Kier alpha value is -3.75. The SMILES string of the molecule is COc1ccc(Br)cc1/C=c1\sc2n(c1=O)C(c1ccc(C(C)C)cc1)C(C(=O)Nc1ccccc1)=C(C)N=2. The minimum Gasteiger partial charge on any atom is -0.496 e. The molecule has 0 saturated carbocycles. The van der Waals surface area contributed by atoms with Crippen molar-refractivity contribution in [2.24, 2.45) is 4.99 Å². The topological polar surface area (TPSA) is 72.7 Å². The van der Waals surface area contributed by atoms with E-state index in [0.29, 0.717) is 38.0 Å². The third kappa shape index (κ3) is 5.40. The summed E-state index contributed by atoms with van der Waals surface area (Å²) in [5, 5.41) is 2.99. The van der Waals surface area contributed by atoms with E-state index >= 15 is 0 Å². The van der Waals surface area contributed by atoms with Crippen molar-refractivity contribution < 1.29 is 9.53 Å². The van der Waals surface area contributed by atoms with Gasteiger partial charge in [0.15, 0.2) is 4.80 Å². The molecule has 1 aromatic heterocycles. The number of nitrogens with one attached hydrogen (secondary N) is 1. The molecule has 1 unspecified atom stereocenters. The second-order valence-electron chi connectivity index (χ2n) is 9.61.